The van der Waals surface area contributed by atoms with Crippen molar-refractivity contribution in [2.24, 2.45) is 4.99 Å². The Balaban J connectivity index is 1.34. The van der Waals surface area contributed by atoms with Crippen molar-refractivity contribution in [1.82, 2.24) is 14.7 Å². The molecular formula is C28H22ClF3N4O4S. The quantitative estimate of drug-likeness (QED) is 0.297. The summed E-state index contributed by atoms with van der Waals surface area (Å²) in [5.74, 6) is -0.624. The van der Waals surface area contributed by atoms with E-state index < -0.39 is 34.6 Å². The van der Waals surface area contributed by atoms with Gasteiger partial charge in [0.2, 0.25) is 5.17 Å². The topological polar surface area (TPSA) is 108 Å². The number of aliphatic imine (C=N–C) groups is 1. The van der Waals surface area contributed by atoms with Crippen molar-refractivity contribution >= 4 is 50.5 Å². The highest BCUT2D eigenvalue weighted by molar-refractivity contribution is 8.05. The number of aliphatic hydroxyl groups excluding tert-OH is 1. The Morgan fingerprint density at radius 1 is 1.12 bits per heavy atom. The third-order valence-electron chi connectivity index (χ3n) is 6.49. The summed E-state index contributed by atoms with van der Waals surface area (Å²) in [4.78, 5) is 17.9. The van der Waals surface area contributed by atoms with Gasteiger partial charge in [-0.3, -0.25) is 9.48 Å². The molecule has 1 aromatic heterocycles. The van der Waals surface area contributed by atoms with Crippen molar-refractivity contribution < 1.29 is 32.4 Å². The van der Waals surface area contributed by atoms with Crippen molar-refractivity contribution in [3.8, 4) is 5.75 Å². The van der Waals surface area contributed by atoms with Gasteiger partial charge in [0.15, 0.2) is 0 Å². The number of hydrogen-bond donors (Lipinski definition) is 2. The Bertz CT molecular complexity index is 1730. The van der Waals surface area contributed by atoms with Crippen molar-refractivity contribution in [2.75, 3.05) is 13.6 Å². The molecular weight excluding hydrogens is 581 g/mol. The molecule has 1 aliphatic heterocycles. The van der Waals surface area contributed by atoms with Crippen LogP contribution in [0.4, 0.5) is 13.2 Å². The molecule has 0 saturated heterocycles. The maximum atomic E-state index is 13.5. The zero-order chi connectivity index (χ0) is 29.5. The second kappa shape index (κ2) is 11.1. The summed E-state index contributed by atoms with van der Waals surface area (Å²) in [7, 11) is -0.348. The number of fused-ring (bicyclic) bond motifs is 1. The molecule has 0 saturated carbocycles. The number of alkyl halides is 3. The van der Waals surface area contributed by atoms with Gasteiger partial charge in [0.25, 0.3) is 5.91 Å². The molecule has 1 aliphatic rings. The predicted octanol–water partition coefficient (Wildman–Crippen LogP) is 5.11. The van der Waals surface area contributed by atoms with Gasteiger partial charge in [-0.05, 0) is 59.2 Å². The number of rotatable bonds is 6. The molecule has 2 N–H and O–H groups in total. The first-order valence-corrected chi connectivity index (χ1v) is 13.7. The van der Waals surface area contributed by atoms with Crippen LogP contribution in [-0.2, 0) is 28.3 Å². The maximum absolute atomic E-state index is 13.5. The number of benzene rings is 3. The molecule has 1 amide bonds. The Labute approximate surface area is 239 Å². The molecule has 0 bridgehead atoms. The summed E-state index contributed by atoms with van der Waals surface area (Å²) in [5, 5.41) is 24.8. The SMILES string of the molecule is CN(CC(O)c1ccc(O)cc1)C1=NC(=O)C(=Cc2ccc3c(cnn3Cc3ccc(Cl)cc3C(F)(F)F)c2)[S@]1=O. The number of aromatic hydroxyl groups is 1. The number of carbonyl (C=O) groups excluding carboxylic acids is 1. The molecule has 13 heteroatoms. The minimum absolute atomic E-state index is 0.00332. The van der Waals surface area contributed by atoms with Crippen LogP contribution in [0.2, 0.25) is 5.02 Å². The molecule has 4 aromatic rings. The van der Waals surface area contributed by atoms with Gasteiger partial charge in [-0.15, -0.1) is 0 Å². The minimum Gasteiger partial charge on any atom is -0.508 e. The van der Waals surface area contributed by atoms with Crippen molar-refractivity contribution in [2.45, 2.75) is 18.8 Å². The van der Waals surface area contributed by atoms with Crippen LogP contribution in [-0.4, -0.2) is 53.8 Å². The molecule has 0 spiro atoms. The lowest BCUT2D eigenvalue weighted by atomic mass is 10.1. The van der Waals surface area contributed by atoms with Crippen molar-refractivity contribution in [3.05, 3.63) is 99.0 Å². The highest BCUT2D eigenvalue weighted by Crippen LogP contribution is 2.34. The van der Waals surface area contributed by atoms with Crippen molar-refractivity contribution in [3.63, 3.8) is 0 Å². The van der Waals surface area contributed by atoms with Gasteiger partial charge >= 0.3 is 6.18 Å². The summed E-state index contributed by atoms with van der Waals surface area (Å²) in [6.07, 6.45) is -2.63. The second-order valence-electron chi connectivity index (χ2n) is 9.38. The number of likely N-dealkylation sites (N-methyl/N-ethyl adjacent to an activating group) is 1. The Kier molecular flexibility index (Phi) is 7.73. The summed E-state index contributed by atoms with van der Waals surface area (Å²) >= 11 is 5.78. The highest BCUT2D eigenvalue weighted by Gasteiger charge is 2.34. The van der Waals surface area contributed by atoms with Crippen LogP contribution in [0.1, 0.15) is 28.4 Å². The Morgan fingerprint density at radius 3 is 2.56 bits per heavy atom. The highest BCUT2D eigenvalue weighted by atomic mass is 35.5. The largest absolute Gasteiger partial charge is 0.508 e. The zero-order valence-corrected chi connectivity index (χ0v) is 22.9. The zero-order valence-electron chi connectivity index (χ0n) is 21.3. The molecule has 8 nitrogen and oxygen atoms in total. The van der Waals surface area contributed by atoms with Gasteiger partial charge in [0.05, 0.1) is 29.9 Å². The van der Waals surface area contributed by atoms with E-state index >= 15 is 0 Å². The number of carbonyl (C=O) groups is 1. The Morgan fingerprint density at radius 2 is 1.85 bits per heavy atom. The number of phenols is 1. The number of phenolic OH excluding ortho intramolecular Hbond substituents is 1. The minimum atomic E-state index is -4.58. The van der Waals surface area contributed by atoms with E-state index in [-0.39, 0.29) is 39.5 Å². The van der Waals surface area contributed by atoms with Crippen LogP contribution in [0.5, 0.6) is 5.75 Å². The molecule has 0 fully saturated rings. The van der Waals surface area contributed by atoms with Crippen LogP contribution in [0.25, 0.3) is 17.0 Å². The molecule has 212 valence electrons. The fraction of sp³-hybridized carbons (Fsp3) is 0.179. The van der Waals surface area contributed by atoms with E-state index in [4.69, 9.17) is 11.6 Å². The monoisotopic (exact) mass is 602 g/mol. The number of amides is 1. The van der Waals surface area contributed by atoms with Gasteiger partial charge in [-0.2, -0.15) is 23.3 Å². The normalized spacial score (nSPS) is 17.3. The molecule has 0 radical (unpaired) electrons. The summed E-state index contributed by atoms with van der Waals surface area (Å²) in [5.41, 5.74) is 0.789. The van der Waals surface area contributed by atoms with Gasteiger partial charge in [0, 0.05) is 24.0 Å². The molecule has 3 aromatic carbocycles. The fourth-order valence-electron chi connectivity index (χ4n) is 4.43. The van der Waals surface area contributed by atoms with Crippen LogP contribution >= 0.6 is 11.6 Å². The van der Waals surface area contributed by atoms with Crippen LogP contribution in [0.3, 0.4) is 0 Å². The first-order valence-electron chi connectivity index (χ1n) is 12.2. The lowest BCUT2D eigenvalue weighted by Gasteiger charge is -2.21. The first-order chi connectivity index (χ1) is 19.4. The van der Waals surface area contributed by atoms with Crippen LogP contribution in [0.15, 0.2) is 76.8 Å². The lowest BCUT2D eigenvalue weighted by Crippen LogP contribution is -2.32. The van der Waals surface area contributed by atoms with Crippen molar-refractivity contribution in [1.29, 1.82) is 0 Å². The van der Waals surface area contributed by atoms with Crippen LogP contribution in [0, 0.1) is 0 Å². The molecule has 2 heterocycles. The van der Waals surface area contributed by atoms with E-state index in [9.17, 15) is 32.4 Å². The number of hydrogen-bond acceptors (Lipinski definition) is 6. The summed E-state index contributed by atoms with van der Waals surface area (Å²) in [6.45, 7) is -0.136. The molecule has 2 atom stereocenters. The lowest BCUT2D eigenvalue weighted by molar-refractivity contribution is -0.138. The van der Waals surface area contributed by atoms with E-state index in [1.807, 2.05) is 0 Å². The third kappa shape index (κ3) is 6.04. The van der Waals surface area contributed by atoms with Gasteiger partial charge < -0.3 is 15.1 Å². The first kappa shape index (κ1) is 28.5. The van der Waals surface area contributed by atoms with E-state index in [1.165, 1.54) is 46.1 Å². The number of aliphatic hydroxyl groups is 1. The van der Waals surface area contributed by atoms with E-state index in [0.29, 0.717) is 22.0 Å². The number of aromatic nitrogens is 2. The summed E-state index contributed by atoms with van der Waals surface area (Å²) < 4.78 is 55.2. The summed E-state index contributed by atoms with van der Waals surface area (Å²) in [6, 6.07) is 14.6. The molecule has 41 heavy (non-hydrogen) atoms. The van der Waals surface area contributed by atoms with E-state index in [2.05, 4.69) is 10.1 Å². The second-order valence-corrected chi connectivity index (χ2v) is 11.2. The average molecular weight is 603 g/mol. The van der Waals surface area contributed by atoms with Gasteiger partial charge in [-0.1, -0.05) is 35.9 Å². The maximum Gasteiger partial charge on any atom is 0.416 e. The number of halogens is 4. The molecule has 5 rings (SSSR count). The molecule has 0 aliphatic carbocycles. The van der Waals surface area contributed by atoms with Gasteiger partial charge in [0.1, 0.15) is 21.5 Å². The number of nitrogens with zero attached hydrogens (tertiary/aromatic N) is 4. The van der Waals surface area contributed by atoms with E-state index in [1.54, 1.807) is 37.4 Å². The van der Waals surface area contributed by atoms with Gasteiger partial charge in [-0.25, -0.2) is 4.21 Å². The van der Waals surface area contributed by atoms with E-state index in [0.717, 1.165) is 6.07 Å². The third-order valence-corrected chi connectivity index (χ3v) is 8.15. The average Bonchev–Trinajstić information content (AvgIpc) is 3.44. The smallest absolute Gasteiger partial charge is 0.416 e. The Hall–Kier alpha value is -4.00. The number of amidine groups is 1. The van der Waals surface area contributed by atoms with Crippen LogP contribution < -0.4 is 0 Å². The standard InChI is InChI=1S/C28H22ClF3N4O4S/c1-35(15-24(38)17-4-7-21(37)8-5-17)27-34-26(39)25(41(27)40)11-16-2-9-23-19(10-16)13-33-36(23)14-18-3-6-20(29)12-22(18)28(30,31)32/h2-13,24,37-38H,14-15H2,1H3/t24?,41-/m1/s1. The fourth-order valence-corrected chi connectivity index (χ4v) is 5.77. The molecule has 1 unspecified atom stereocenters. The predicted molar refractivity (Wildman–Crippen MR) is 150 cm³/mol.